The van der Waals surface area contributed by atoms with Gasteiger partial charge in [-0.05, 0) is 39.0 Å². The molecule has 0 unspecified atom stereocenters. The van der Waals surface area contributed by atoms with Gasteiger partial charge < -0.3 is 29.9 Å². The molecule has 0 aliphatic carbocycles. The molecule has 8 nitrogen and oxygen atoms in total. The normalized spacial score (nSPS) is 20.0. The van der Waals surface area contributed by atoms with Crippen LogP contribution in [0.4, 0.5) is 10.5 Å². The molecular formula is C22H36N4O4. The Morgan fingerprint density at radius 2 is 1.97 bits per heavy atom. The number of rotatable bonds is 6. The summed E-state index contributed by atoms with van der Waals surface area (Å²) in [6.45, 7) is 8.35. The summed E-state index contributed by atoms with van der Waals surface area (Å²) in [7, 11) is 5.57. The molecule has 0 aromatic heterocycles. The van der Waals surface area contributed by atoms with Gasteiger partial charge in [-0.25, -0.2) is 4.79 Å². The van der Waals surface area contributed by atoms with Crippen LogP contribution < -0.4 is 15.0 Å². The number of amides is 3. The zero-order valence-corrected chi connectivity index (χ0v) is 19.2. The van der Waals surface area contributed by atoms with E-state index >= 15 is 0 Å². The molecule has 1 heterocycles. The van der Waals surface area contributed by atoms with Crippen molar-refractivity contribution in [1.82, 2.24) is 15.1 Å². The van der Waals surface area contributed by atoms with Crippen molar-refractivity contribution in [1.29, 1.82) is 0 Å². The van der Waals surface area contributed by atoms with Gasteiger partial charge in [-0.3, -0.25) is 4.79 Å². The number of hydrogen-bond donors (Lipinski definition) is 2. The lowest BCUT2D eigenvalue weighted by Gasteiger charge is -2.38. The minimum atomic E-state index is -0.323. The maximum absolute atomic E-state index is 13.3. The largest absolute Gasteiger partial charge is 0.487 e. The van der Waals surface area contributed by atoms with Gasteiger partial charge in [-0.2, -0.15) is 0 Å². The summed E-state index contributed by atoms with van der Waals surface area (Å²) < 4.78 is 6.29. The number of nitrogens with one attached hydrogen (secondary N) is 1. The molecule has 168 valence electrons. The maximum Gasteiger partial charge on any atom is 0.317 e. The minimum Gasteiger partial charge on any atom is -0.487 e. The van der Waals surface area contributed by atoms with Crippen LogP contribution in [0.1, 0.15) is 38.1 Å². The quantitative estimate of drug-likeness (QED) is 0.736. The average molecular weight is 421 g/mol. The van der Waals surface area contributed by atoms with E-state index in [2.05, 4.69) is 5.32 Å². The fourth-order valence-corrected chi connectivity index (χ4v) is 3.42. The molecule has 0 saturated heterocycles. The van der Waals surface area contributed by atoms with Gasteiger partial charge in [0.25, 0.3) is 5.91 Å². The number of hydrogen-bond acceptors (Lipinski definition) is 5. The molecule has 3 atom stereocenters. The van der Waals surface area contributed by atoms with Crippen LogP contribution in [0.15, 0.2) is 18.2 Å². The van der Waals surface area contributed by atoms with Gasteiger partial charge in [0.15, 0.2) is 0 Å². The van der Waals surface area contributed by atoms with E-state index < -0.39 is 0 Å². The van der Waals surface area contributed by atoms with E-state index in [4.69, 9.17) is 4.74 Å². The standard InChI is InChI=1S/C22H36N4O4/c1-14(2)23-22(29)25(7)12-20-15(3)11-26(16(4)13-27)21(28)18-10-17(24(5)6)8-9-19(18)30-20/h8-10,14-16,20,27H,11-13H2,1-7H3,(H,23,29)/t15-,16+,20-/m0/s1. The second kappa shape index (κ2) is 10.0. The second-order valence-corrected chi connectivity index (χ2v) is 8.68. The van der Waals surface area contributed by atoms with Crippen LogP contribution in [-0.4, -0.2) is 85.9 Å². The van der Waals surface area contributed by atoms with Crippen molar-refractivity contribution in [3.8, 4) is 5.75 Å². The van der Waals surface area contributed by atoms with Gasteiger partial charge in [-0.15, -0.1) is 0 Å². The van der Waals surface area contributed by atoms with E-state index in [9.17, 15) is 14.7 Å². The van der Waals surface area contributed by atoms with Crippen molar-refractivity contribution in [2.24, 2.45) is 5.92 Å². The Labute approximate surface area is 179 Å². The predicted octanol–water partition coefficient (Wildman–Crippen LogP) is 2.02. The number of carbonyl (C=O) groups excluding carboxylic acids is 2. The molecule has 1 aliphatic heterocycles. The van der Waals surface area contributed by atoms with Gasteiger partial charge in [-0.1, -0.05) is 6.92 Å². The van der Waals surface area contributed by atoms with Gasteiger partial charge in [0.1, 0.15) is 11.9 Å². The Morgan fingerprint density at radius 1 is 1.30 bits per heavy atom. The first-order valence-corrected chi connectivity index (χ1v) is 10.5. The van der Waals surface area contributed by atoms with Crippen LogP contribution in [0.5, 0.6) is 5.75 Å². The molecule has 1 aromatic carbocycles. The minimum absolute atomic E-state index is 0.0410. The average Bonchev–Trinajstić information content (AvgIpc) is 2.68. The number of benzene rings is 1. The number of urea groups is 1. The van der Waals surface area contributed by atoms with Crippen molar-refractivity contribution in [2.75, 3.05) is 45.7 Å². The van der Waals surface area contributed by atoms with Gasteiger partial charge in [0.2, 0.25) is 0 Å². The smallest absolute Gasteiger partial charge is 0.317 e. The third kappa shape index (κ3) is 5.56. The number of aliphatic hydroxyl groups excluding tert-OH is 1. The molecule has 8 heteroatoms. The number of nitrogens with zero attached hydrogens (tertiary/aromatic N) is 3. The van der Waals surface area contributed by atoms with Crippen LogP contribution >= 0.6 is 0 Å². The number of fused-ring (bicyclic) bond motifs is 1. The summed E-state index contributed by atoms with van der Waals surface area (Å²) in [5, 5.41) is 12.6. The third-order valence-electron chi connectivity index (χ3n) is 5.38. The van der Waals surface area contributed by atoms with E-state index in [0.717, 1.165) is 5.69 Å². The topological polar surface area (TPSA) is 85.4 Å². The van der Waals surface area contributed by atoms with Crippen LogP contribution in [0.2, 0.25) is 0 Å². The zero-order valence-electron chi connectivity index (χ0n) is 19.2. The first-order valence-electron chi connectivity index (χ1n) is 10.5. The molecule has 30 heavy (non-hydrogen) atoms. The van der Waals surface area contributed by atoms with Crippen molar-refractivity contribution in [3.63, 3.8) is 0 Å². The lowest BCUT2D eigenvalue weighted by Crippen LogP contribution is -2.51. The highest BCUT2D eigenvalue weighted by Gasteiger charge is 2.34. The van der Waals surface area contributed by atoms with Crippen molar-refractivity contribution >= 4 is 17.6 Å². The van der Waals surface area contributed by atoms with Crippen molar-refractivity contribution in [3.05, 3.63) is 23.8 Å². The van der Waals surface area contributed by atoms with Crippen molar-refractivity contribution in [2.45, 2.75) is 45.9 Å². The molecule has 0 saturated carbocycles. The molecule has 1 aliphatic rings. The van der Waals surface area contributed by atoms with E-state index in [-0.39, 0.29) is 42.7 Å². The van der Waals surface area contributed by atoms with Gasteiger partial charge >= 0.3 is 6.03 Å². The Hall–Kier alpha value is -2.48. The van der Waals surface area contributed by atoms with E-state index in [1.54, 1.807) is 16.8 Å². The number of likely N-dealkylation sites (N-methyl/N-ethyl adjacent to an activating group) is 1. The molecule has 0 bridgehead atoms. The monoisotopic (exact) mass is 420 g/mol. The molecule has 3 amide bonds. The van der Waals surface area contributed by atoms with Crippen LogP contribution in [0.3, 0.4) is 0 Å². The highest BCUT2D eigenvalue weighted by molar-refractivity contribution is 5.98. The molecule has 2 rings (SSSR count). The van der Waals surface area contributed by atoms with E-state index in [1.165, 1.54) is 0 Å². The zero-order chi connectivity index (χ0) is 22.6. The third-order valence-corrected chi connectivity index (χ3v) is 5.38. The molecular weight excluding hydrogens is 384 g/mol. The summed E-state index contributed by atoms with van der Waals surface area (Å²) in [6, 6.07) is 5.09. The van der Waals surface area contributed by atoms with Gasteiger partial charge in [0.05, 0.1) is 24.8 Å². The van der Waals surface area contributed by atoms with Crippen molar-refractivity contribution < 1.29 is 19.4 Å². The van der Waals surface area contributed by atoms with Crippen LogP contribution in [-0.2, 0) is 0 Å². The van der Waals surface area contributed by atoms with Gasteiger partial charge in [0, 0.05) is 45.3 Å². The predicted molar refractivity (Wildman–Crippen MR) is 118 cm³/mol. The first-order chi connectivity index (χ1) is 14.0. The highest BCUT2D eigenvalue weighted by atomic mass is 16.5. The Balaban J connectivity index is 2.40. The molecule has 0 fully saturated rings. The molecule has 2 N–H and O–H groups in total. The Bertz CT molecular complexity index is 753. The number of aliphatic hydroxyl groups is 1. The maximum atomic E-state index is 13.3. The van der Waals surface area contributed by atoms with E-state index in [0.29, 0.717) is 24.4 Å². The summed E-state index contributed by atoms with van der Waals surface area (Å²) in [4.78, 5) is 30.9. The van der Waals surface area contributed by atoms with Crippen LogP contribution in [0, 0.1) is 5.92 Å². The Kier molecular flexibility index (Phi) is 7.95. The summed E-state index contributed by atoms with van der Waals surface area (Å²) in [6.07, 6.45) is -0.307. The Morgan fingerprint density at radius 3 is 2.53 bits per heavy atom. The first kappa shape index (κ1) is 23.8. The van der Waals surface area contributed by atoms with E-state index in [1.807, 2.05) is 64.9 Å². The number of ether oxygens (including phenoxy) is 1. The summed E-state index contributed by atoms with van der Waals surface area (Å²) in [5.41, 5.74) is 1.36. The summed E-state index contributed by atoms with van der Waals surface area (Å²) in [5.74, 6) is 0.292. The lowest BCUT2D eigenvalue weighted by molar-refractivity contribution is 0.0366. The number of carbonyl (C=O) groups is 2. The SMILES string of the molecule is CC(C)NC(=O)N(C)C[C@@H]1Oc2ccc(N(C)C)cc2C(=O)N([C@H](C)CO)C[C@@H]1C. The fourth-order valence-electron chi connectivity index (χ4n) is 3.42. The number of anilines is 1. The molecule has 1 aromatic rings. The lowest BCUT2D eigenvalue weighted by atomic mass is 9.99. The second-order valence-electron chi connectivity index (χ2n) is 8.68. The molecule has 0 radical (unpaired) electrons. The molecule has 0 spiro atoms. The fraction of sp³-hybridized carbons (Fsp3) is 0.636. The summed E-state index contributed by atoms with van der Waals surface area (Å²) >= 11 is 0. The van der Waals surface area contributed by atoms with Crippen LogP contribution in [0.25, 0.3) is 0 Å². The highest BCUT2D eigenvalue weighted by Crippen LogP contribution is 2.31.